The third-order valence-corrected chi connectivity index (χ3v) is 7.85. The van der Waals surface area contributed by atoms with Gasteiger partial charge in [0.2, 0.25) is 0 Å². The lowest BCUT2D eigenvalue weighted by Gasteiger charge is -2.26. The minimum Gasteiger partial charge on any atom is -0.379 e. The van der Waals surface area contributed by atoms with Gasteiger partial charge < -0.3 is 10.1 Å². The number of hydroxylamine groups is 2. The van der Waals surface area contributed by atoms with E-state index in [1.807, 2.05) is 4.90 Å². The first kappa shape index (κ1) is 28.9. The lowest BCUT2D eigenvalue weighted by molar-refractivity contribution is -0.0428. The number of nitrogens with zero attached hydrogens (tertiary/aromatic N) is 2. The van der Waals surface area contributed by atoms with Crippen molar-refractivity contribution in [2.24, 2.45) is 0 Å². The van der Waals surface area contributed by atoms with Crippen LogP contribution in [-0.2, 0) is 24.4 Å². The van der Waals surface area contributed by atoms with Crippen molar-refractivity contribution in [1.29, 1.82) is 0 Å². The van der Waals surface area contributed by atoms with Crippen molar-refractivity contribution in [2.75, 3.05) is 58.6 Å². The maximum Gasteiger partial charge on any atom is 0.276 e. The van der Waals surface area contributed by atoms with Crippen LogP contribution in [0.25, 0.3) is 0 Å². The van der Waals surface area contributed by atoms with Gasteiger partial charge in [-0.3, -0.25) is 19.4 Å². The molecule has 0 aliphatic carbocycles. The quantitative estimate of drug-likeness (QED) is 0.164. The van der Waals surface area contributed by atoms with E-state index >= 15 is 0 Å². The van der Waals surface area contributed by atoms with E-state index in [0.29, 0.717) is 54.1 Å². The minimum atomic E-state index is -4.87. The summed E-state index contributed by atoms with van der Waals surface area (Å²) in [5.41, 5.74) is 1.80. The predicted molar refractivity (Wildman–Crippen MR) is 136 cm³/mol. The summed E-state index contributed by atoms with van der Waals surface area (Å²) in [4.78, 5) is 23.6. The molecule has 0 spiro atoms. The van der Waals surface area contributed by atoms with Gasteiger partial charge >= 0.3 is 0 Å². The number of halogens is 4. The number of anilines is 1. The summed E-state index contributed by atoms with van der Waals surface area (Å²) in [5.74, 6) is -4.26. The number of hydrogen-bond donors (Lipinski definition) is 2. The third-order valence-electron chi connectivity index (χ3n) is 5.13. The van der Waals surface area contributed by atoms with Crippen molar-refractivity contribution < 1.29 is 36.4 Å². The molecular weight excluding hydrogens is 637 g/mol. The zero-order valence-electron chi connectivity index (χ0n) is 19.1. The SMILES string of the molecule is CON(CNc1ccc(I)cc1Cl)S(=O)(=O)c1c(C(=O)NOCCN2CCOCC2)ccc(F)c1F. The summed E-state index contributed by atoms with van der Waals surface area (Å²) < 4.78 is 61.8. The van der Waals surface area contributed by atoms with E-state index < -0.39 is 44.7 Å². The van der Waals surface area contributed by atoms with Crippen LogP contribution in [0.3, 0.4) is 0 Å². The molecule has 1 aliphatic rings. The van der Waals surface area contributed by atoms with E-state index in [0.717, 1.165) is 16.7 Å². The molecule has 36 heavy (non-hydrogen) atoms. The van der Waals surface area contributed by atoms with E-state index in [-0.39, 0.29) is 6.61 Å². The second-order valence-corrected chi connectivity index (χ2v) is 10.8. The van der Waals surface area contributed by atoms with Crippen LogP contribution in [0, 0.1) is 15.2 Å². The van der Waals surface area contributed by atoms with Gasteiger partial charge in [0.05, 0.1) is 43.2 Å². The number of nitrogens with one attached hydrogen (secondary N) is 2. The molecule has 15 heteroatoms. The van der Waals surface area contributed by atoms with Crippen molar-refractivity contribution >= 4 is 55.8 Å². The summed E-state index contributed by atoms with van der Waals surface area (Å²) in [6.07, 6.45) is 0. The molecular formula is C21H24ClF2IN4O6S. The first-order valence-electron chi connectivity index (χ1n) is 10.6. The second-order valence-electron chi connectivity index (χ2n) is 7.42. The highest BCUT2D eigenvalue weighted by Crippen LogP contribution is 2.27. The maximum absolute atomic E-state index is 14.8. The van der Waals surface area contributed by atoms with Crippen LogP contribution in [0.5, 0.6) is 0 Å². The van der Waals surface area contributed by atoms with Gasteiger partial charge in [-0.25, -0.2) is 22.7 Å². The van der Waals surface area contributed by atoms with Crippen LogP contribution in [0.15, 0.2) is 35.2 Å². The van der Waals surface area contributed by atoms with Crippen LogP contribution >= 0.6 is 34.2 Å². The van der Waals surface area contributed by atoms with Crippen molar-refractivity contribution in [3.63, 3.8) is 0 Å². The lowest BCUT2D eigenvalue weighted by Crippen LogP contribution is -2.39. The molecule has 0 bridgehead atoms. The zero-order valence-corrected chi connectivity index (χ0v) is 22.8. The summed E-state index contributed by atoms with van der Waals surface area (Å²) in [5, 5.41) is 3.06. The van der Waals surface area contributed by atoms with Crippen molar-refractivity contribution in [2.45, 2.75) is 4.90 Å². The predicted octanol–water partition coefficient (Wildman–Crippen LogP) is 2.84. The number of rotatable bonds is 11. The number of carbonyl (C=O) groups excluding carboxylic acids is 1. The van der Waals surface area contributed by atoms with Crippen molar-refractivity contribution in [1.82, 2.24) is 14.8 Å². The van der Waals surface area contributed by atoms with Crippen LogP contribution in [0.4, 0.5) is 14.5 Å². The highest BCUT2D eigenvalue weighted by atomic mass is 127. The number of carbonyl (C=O) groups is 1. The smallest absolute Gasteiger partial charge is 0.276 e. The monoisotopic (exact) mass is 660 g/mol. The first-order chi connectivity index (χ1) is 17.1. The van der Waals surface area contributed by atoms with Crippen LogP contribution < -0.4 is 10.8 Å². The summed E-state index contributed by atoms with van der Waals surface area (Å²) in [6.45, 7) is 2.63. The number of amides is 1. The van der Waals surface area contributed by atoms with Gasteiger partial charge in [0.25, 0.3) is 15.9 Å². The Bertz CT molecular complexity index is 1190. The van der Waals surface area contributed by atoms with Gasteiger partial charge in [-0.15, -0.1) is 0 Å². The molecule has 3 rings (SSSR count). The number of morpholine rings is 1. The lowest BCUT2D eigenvalue weighted by atomic mass is 10.2. The third kappa shape index (κ3) is 7.22. The molecule has 1 saturated heterocycles. The van der Waals surface area contributed by atoms with Gasteiger partial charge in [0, 0.05) is 23.2 Å². The first-order valence-corrected chi connectivity index (χ1v) is 13.5. The van der Waals surface area contributed by atoms with E-state index in [2.05, 4.69) is 33.4 Å². The Morgan fingerprint density at radius 2 is 1.97 bits per heavy atom. The fourth-order valence-corrected chi connectivity index (χ4v) is 5.59. The standard InChI is InChI=1S/C21H24ClF2IN4O6S/c1-33-29(13-26-18-5-2-14(25)12-16(18)22)36(31,32)20-15(3-4-17(23)19(20)24)21(30)27-35-11-8-28-6-9-34-10-7-28/h2-5,12,26H,6-11,13H2,1H3,(H,27,30). The number of benzene rings is 2. The molecule has 0 radical (unpaired) electrons. The van der Waals surface area contributed by atoms with Gasteiger partial charge in [0.15, 0.2) is 11.6 Å². The zero-order chi connectivity index (χ0) is 26.3. The average molecular weight is 661 g/mol. The average Bonchev–Trinajstić information content (AvgIpc) is 2.85. The van der Waals surface area contributed by atoms with E-state index in [4.69, 9.17) is 26.0 Å². The molecule has 10 nitrogen and oxygen atoms in total. The molecule has 1 amide bonds. The number of hydrogen-bond acceptors (Lipinski definition) is 8. The summed E-state index contributed by atoms with van der Waals surface area (Å²) >= 11 is 8.20. The summed E-state index contributed by atoms with van der Waals surface area (Å²) in [7, 11) is -3.84. The fraction of sp³-hybridized carbons (Fsp3) is 0.381. The minimum absolute atomic E-state index is 0.0857. The van der Waals surface area contributed by atoms with E-state index in [9.17, 15) is 22.0 Å². The Balaban J connectivity index is 1.75. The topological polar surface area (TPSA) is 109 Å². The molecule has 2 aromatic carbocycles. The molecule has 2 aromatic rings. The number of ether oxygens (including phenoxy) is 1. The van der Waals surface area contributed by atoms with Crippen molar-refractivity contribution in [3.05, 3.63) is 56.1 Å². The van der Waals surface area contributed by atoms with Crippen LogP contribution in [-0.4, -0.2) is 76.9 Å². The van der Waals surface area contributed by atoms with Gasteiger partial charge in [-0.1, -0.05) is 16.1 Å². The highest BCUT2D eigenvalue weighted by Gasteiger charge is 2.35. The van der Waals surface area contributed by atoms with Crippen molar-refractivity contribution in [3.8, 4) is 0 Å². The van der Waals surface area contributed by atoms with Crippen LogP contribution in [0.1, 0.15) is 10.4 Å². The second kappa shape index (κ2) is 13.2. The summed E-state index contributed by atoms with van der Waals surface area (Å²) in [6, 6.07) is 6.49. The normalized spacial score (nSPS) is 14.7. The molecule has 1 aliphatic heterocycles. The Morgan fingerprint density at radius 1 is 1.25 bits per heavy atom. The molecule has 198 valence electrons. The highest BCUT2D eigenvalue weighted by molar-refractivity contribution is 14.1. The Morgan fingerprint density at radius 3 is 2.64 bits per heavy atom. The maximum atomic E-state index is 14.8. The fourth-order valence-electron chi connectivity index (χ4n) is 3.27. The number of sulfonamides is 1. The van der Waals surface area contributed by atoms with Gasteiger partial charge in [-0.2, -0.15) is 0 Å². The van der Waals surface area contributed by atoms with Gasteiger partial charge in [0.1, 0.15) is 11.6 Å². The van der Waals surface area contributed by atoms with E-state index in [1.54, 1.807) is 18.2 Å². The molecule has 0 unspecified atom stereocenters. The van der Waals surface area contributed by atoms with Gasteiger partial charge in [-0.05, 0) is 52.9 Å². The molecule has 1 heterocycles. The molecule has 2 N–H and O–H groups in total. The Kier molecular flexibility index (Phi) is 10.6. The van der Waals surface area contributed by atoms with Crippen LogP contribution in [0.2, 0.25) is 5.02 Å². The molecule has 1 fully saturated rings. The van der Waals surface area contributed by atoms with E-state index in [1.165, 1.54) is 0 Å². The largest absolute Gasteiger partial charge is 0.379 e. The Labute approximate surface area is 225 Å². The molecule has 0 atom stereocenters. The molecule has 0 saturated carbocycles. The molecule has 0 aromatic heterocycles. The Hall–Kier alpha value is -1.66.